The van der Waals surface area contributed by atoms with Crippen molar-refractivity contribution < 1.29 is 26.7 Å². The number of fused-ring (bicyclic) bond motifs is 1. The average Bonchev–Trinajstić information content (AvgIpc) is 3.56. The molecule has 0 bridgehead atoms. The molecule has 0 aliphatic carbocycles. The minimum Gasteiger partial charge on any atom is -0.471 e. The second-order valence-electron chi connectivity index (χ2n) is 7.96. The Labute approximate surface area is 193 Å². The summed E-state index contributed by atoms with van der Waals surface area (Å²) in [7, 11) is -1.99. The third kappa shape index (κ3) is 3.92. The zero-order valence-corrected chi connectivity index (χ0v) is 19.2. The largest absolute Gasteiger partial charge is 0.471 e. The van der Waals surface area contributed by atoms with Crippen molar-refractivity contribution in [3.05, 3.63) is 48.6 Å². The highest BCUT2D eigenvalue weighted by Crippen LogP contribution is 2.35. The fourth-order valence-electron chi connectivity index (χ4n) is 3.80. The van der Waals surface area contributed by atoms with Gasteiger partial charge in [0, 0.05) is 42.6 Å². The van der Waals surface area contributed by atoms with E-state index >= 15 is 0 Å². The zero-order valence-electron chi connectivity index (χ0n) is 18.4. The Morgan fingerprint density at radius 3 is 2.65 bits per heavy atom. The lowest BCUT2D eigenvalue weighted by Crippen LogP contribution is -2.17. The molecule has 178 valence electrons. The van der Waals surface area contributed by atoms with Gasteiger partial charge in [0.15, 0.2) is 27.1 Å². The molecule has 1 aromatic carbocycles. The monoisotopic (exact) mass is 489 g/mol. The normalized spacial score (nSPS) is 16.4. The van der Waals surface area contributed by atoms with Crippen LogP contribution in [0.2, 0.25) is 0 Å². The molecule has 0 radical (unpaired) electrons. The van der Waals surface area contributed by atoms with E-state index in [2.05, 4.69) is 15.2 Å². The van der Waals surface area contributed by atoms with E-state index in [1.54, 1.807) is 30.3 Å². The Morgan fingerprint density at radius 2 is 1.97 bits per heavy atom. The first-order valence-corrected chi connectivity index (χ1v) is 12.3. The van der Waals surface area contributed by atoms with Crippen LogP contribution >= 0.6 is 0 Å². The summed E-state index contributed by atoms with van der Waals surface area (Å²) in [6.45, 7) is 2.40. The predicted molar refractivity (Wildman–Crippen MR) is 118 cm³/mol. The summed E-state index contributed by atoms with van der Waals surface area (Å²) in [6.07, 6.45) is 6.89. The summed E-state index contributed by atoms with van der Waals surface area (Å²) >= 11 is 0. The van der Waals surface area contributed by atoms with E-state index < -0.39 is 21.5 Å². The van der Waals surface area contributed by atoms with E-state index in [1.807, 2.05) is 0 Å². The Balaban J connectivity index is 1.70. The van der Waals surface area contributed by atoms with Gasteiger partial charge in [0.05, 0.1) is 41.8 Å². The number of hydrogen-bond acceptors (Lipinski definition) is 7. The SMILES string of the molecule is CCS(=O)(=O)c1cc(F)c(F)c(-c2cnn3cc(-c4cnn(C)c4)c(O[C@H]4CCOC4)nc23)c1. The summed E-state index contributed by atoms with van der Waals surface area (Å²) in [6, 6.07) is 1.79. The van der Waals surface area contributed by atoms with Crippen molar-refractivity contribution >= 4 is 15.5 Å². The summed E-state index contributed by atoms with van der Waals surface area (Å²) in [5.74, 6) is -2.44. The highest BCUT2D eigenvalue weighted by atomic mass is 32.2. The topological polar surface area (TPSA) is 101 Å². The molecule has 3 aromatic heterocycles. The van der Waals surface area contributed by atoms with Crippen molar-refractivity contribution in [3.8, 4) is 28.1 Å². The molecule has 4 heterocycles. The van der Waals surface area contributed by atoms with Crippen LogP contribution in [0.25, 0.3) is 27.9 Å². The number of benzene rings is 1. The smallest absolute Gasteiger partial charge is 0.225 e. The van der Waals surface area contributed by atoms with E-state index in [1.165, 1.54) is 17.6 Å². The molecular formula is C22H21F2N5O4S. The first-order valence-electron chi connectivity index (χ1n) is 10.6. The maximum Gasteiger partial charge on any atom is 0.225 e. The molecule has 0 saturated carbocycles. The van der Waals surface area contributed by atoms with Crippen LogP contribution in [0, 0.1) is 11.6 Å². The fourth-order valence-corrected chi connectivity index (χ4v) is 4.72. The summed E-state index contributed by atoms with van der Waals surface area (Å²) in [5, 5.41) is 8.44. The van der Waals surface area contributed by atoms with E-state index in [4.69, 9.17) is 9.47 Å². The number of rotatable bonds is 6. The van der Waals surface area contributed by atoms with Gasteiger partial charge in [0.1, 0.15) is 6.10 Å². The molecule has 9 nitrogen and oxygen atoms in total. The average molecular weight is 490 g/mol. The number of hydrogen-bond donors (Lipinski definition) is 0. The lowest BCUT2D eigenvalue weighted by molar-refractivity contribution is 0.138. The van der Waals surface area contributed by atoms with Crippen LogP contribution in [-0.2, 0) is 21.6 Å². The van der Waals surface area contributed by atoms with Gasteiger partial charge in [-0.05, 0) is 12.1 Å². The molecule has 34 heavy (non-hydrogen) atoms. The number of sulfone groups is 1. The van der Waals surface area contributed by atoms with E-state index in [0.29, 0.717) is 31.3 Å². The van der Waals surface area contributed by atoms with Gasteiger partial charge in [-0.3, -0.25) is 4.68 Å². The van der Waals surface area contributed by atoms with Crippen molar-refractivity contribution in [1.82, 2.24) is 24.4 Å². The first kappa shape index (κ1) is 22.4. The Hall–Kier alpha value is -3.38. The van der Waals surface area contributed by atoms with Crippen molar-refractivity contribution in [2.75, 3.05) is 19.0 Å². The van der Waals surface area contributed by atoms with Gasteiger partial charge in [-0.1, -0.05) is 6.92 Å². The highest BCUT2D eigenvalue weighted by molar-refractivity contribution is 7.91. The molecule has 5 rings (SSSR count). The molecule has 12 heteroatoms. The predicted octanol–water partition coefficient (Wildman–Crippen LogP) is 3.04. The van der Waals surface area contributed by atoms with Crippen LogP contribution in [0.5, 0.6) is 5.88 Å². The number of halogens is 2. The second kappa shape index (κ2) is 8.44. The molecule has 1 atom stereocenters. The molecule has 0 amide bonds. The minimum atomic E-state index is -3.77. The fraction of sp³-hybridized carbons (Fsp3) is 0.318. The molecule has 0 spiro atoms. The molecule has 1 aliphatic rings. The quantitative estimate of drug-likeness (QED) is 0.384. The van der Waals surface area contributed by atoms with E-state index in [-0.39, 0.29) is 39.4 Å². The van der Waals surface area contributed by atoms with E-state index in [0.717, 1.165) is 11.6 Å². The molecule has 1 saturated heterocycles. The Bertz CT molecular complexity index is 1490. The van der Waals surface area contributed by atoms with Crippen LogP contribution < -0.4 is 4.74 Å². The van der Waals surface area contributed by atoms with Crippen molar-refractivity contribution in [3.63, 3.8) is 0 Å². The lowest BCUT2D eigenvalue weighted by Gasteiger charge is -2.15. The maximum absolute atomic E-state index is 14.8. The summed E-state index contributed by atoms with van der Waals surface area (Å²) < 4.78 is 68.5. The lowest BCUT2D eigenvalue weighted by atomic mass is 10.1. The van der Waals surface area contributed by atoms with Gasteiger partial charge >= 0.3 is 0 Å². The zero-order chi connectivity index (χ0) is 24.0. The molecule has 1 fully saturated rings. The molecule has 4 aromatic rings. The van der Waals surface area contributed by atoms with Crippen LogP contribution in [0.4, 0.5) is 8.78 Å². The Kier molecular flexibility index (Phi) is 5.56. The van der Waals surface area contributed by atoms with Gasteiger partial charge in [0.25, 0.3) is 0 Å². The highest BCUT2D eigenvalue weighted by Gasteiger charge is 2.25. The van der Waals surface area contributed by atoms with Crippen LogP contribution in [0.3, 0.4) is 0 Å². The number of aryl methyl sites for hydroxylation is 1. The first-order chi connectivity index (χ1) is 16.3. The van der Waals surface area contributed by atoms with Crippen LogP contribution in [0.15, 0.2) is 41.8 Å². The van der Waals surface area contributed by atoms with E-state index in [9.17, 15) is 17.2 Å². The van der Waals surface area contributed by atoms with Crippen molar-refractivity contribution in [2.45, 2.75) is 24.3 Å². The maximum atomic E-state index is 14.8. The third-order valence-corrected chi connectivity index (χ3v) is 7.39. The molecular weight excluding hydrogens is 468 g/mol. The van der Waals surface area contributed by atoms with Crippen LogP contribution in [-0.4, -0.2) is 57.9 Å². The third-order valence-electron chi connectivity index (χ3n) is 5.67. The standard InChI is InChI=1S/C22H21F2N5O4S/c1-3-34(30,31)15-6-16(20(24)19(23)7-15)17-9-26-29-11-18(13-8-25-28(2)10-13)22(27-21(17)29)33-14-4-5-32-12-14/h6-11,14H,3-5,12H2,1-2H3/t14-/m0/s1. The summed E-state index contributed by atoms with van der Waals surface area (Å²) in [4.78, 5) is 4.28. The van der Waals surface area contributed by atoms with Gasteiger partial charge in [-0.25, -0.2) is 21.7 Å². The molecule has 1 aliphatic heterocycles. The van der Waals surface area contributed by atoms with Gasteiger partial charge in [-0.2, -0.15) is 15.2 Å². The number of aromatic nitrogens is 5. The van der Waals surface area contributed by atoms with Crippen LogP contribution in [0.1, 0.15) is 13.3 Å². The number of ether oxygens (including phenoxy) is 2. The second-order valence-corrected chi connectivity index (χ2v) is 10.2. The Morgan fingerprint density at radius 1 is 1.15 bits per heavy atom. The molecule has 0 N–H and O–H groups in total. The minimum absolute atomic E-state index is 0.134. The van der Waals surface area contributed by atoms with Gasteiger partial charge < -0.3 is 9.47 Å². The number of nitrogens with zero attached hydrogens (tertiary/aromatic N) is 5. The summed E-state index contributed by atoms with van der Waals surface area (Å²) in [5.41, 5.74) is 1.41. The van der Waals surface area contributed by atoms with Gasteiger partial charge in [-0.15, -0.1) is 0 Å². The molecule has 0 unspecified atom stereocenters. The van der Waals surface area contributed by atoms with Crippen molar-refractivity contribution in [1.29, 1.82) is 0 Å². The van der Waals surface area contributed by atoms with Gasteiger partial charge in [0.2, 0.25) is 5.88 Å². The van der Waals surface area contributed by atoms with Crippen molar-refractivity contribution in [2.24, 2.45) is 7.05 Å².